The van der Waals surface area contributed by atoms with Crippen LogP contribution in [0.15, 0.2) is 47.4 Å². The Hall–Kier alpha value is -2.31. The van der Waals surface area contributed by atoms with Crippen molar-refractivity contribution in [2.24, 2.45) is 0 Å². The molecule has 2 aliphatic rings. The van der Waals surface area contributed by atoms with E-state index in [-0.39, 0.29) is 11.8 Å². The molecule has 6 heteroatoms. The van der Waals surface area contributed by atoms with Crippen LogP contribution in [-0.4, -0.2) is 41.6 Å². The van der Waals surface area contributed by atoms with Gasteiger partial charge in [0.2, 0.25) is 5.91 Å². The van der Waals surface area contributed by atoms with E-state index in [0.717, 1.165) is 36.5 Å². The summed E-state index contributed by atoms with van der Waals surface area (Å²) >= 11 is 1.50. The summed E-state index contributed by atoms with van der Waals surface area (Å²) in [5, 5.41) is 5.93. The third-order valence-corrected chi connectivity index (χ3v) is 6.59. The van der Waals surface area contributed by atoms with Gasteiger partial charge < -0.3 is 10.6 Å². The number of carbonyl (C=O) groups excluding carboxylic acids is 2. The molecule has 1 atom stereocenters. The van der Waals surface area contributed by atoms with Gasteiger partial charge in [-0.1, -0.05) is 31.2 Å². The Morgan fingerprint density at radius 2 is 2.07 bits per heavy atom. The number of thioether (sulfide) groups is 1. The highest BCUT2D eigenvalue weighted by molar-refractivity contribution is 8.00. The smallest absolute Gasteiger partial charge is 0.251 e. The lowest BCUT2D eigenvalue weighted by Crippen LogP contribution is -2.45. The second kappa shape index (κ2) is 8.37. The molecule has 0 radical (unpaired) electrons. The van der Waals surface area contributed by atoms with Crippen molar-refractivity contribution in [3.8, 4) is 0 Å². The highest BCUT2D eigenvalue weighted by Gasteiger charge is 2.23. The largest absolute Gasteiger partial charge is 0.350 e. The van der Waals surface area contributed by atoms with E-state index in [1.54, 1.807) is 6.07 Å². The normalized spacial score (nSPS) is 17.2. The molecule has 2 N–H and O–H groups in total. The molecule has 2 aromatic rings. The molecule has 0 aliphatic carbocycles. The molecule has 0 spiro atoms. The minimum Gasteiger partial charge on any atom is -0.350 e. The first-order chi connectivity index (χ1) is 13.6. The summed E-state index contributed by atoms with van der Waals surface area (Å²) in [5.74, 6) is 0.311. The van der Waals surface area contributed by atoms with Crippen molar-refractivity contribution in [1.29, 1.82) is 0 Å². The maximum Gasteiger partial charge on any atom is 0.251 e. The van der Waals surface area contributed by atoms with E-state index in [4.69, 9.17) is 0 Å². The SMILES string of the molecule is CCC(CNC(=O)c1ccc2c(c1)NC(=O)CS2)N1CCc2ccccc2C1. The number of carbonyl (C=O) groups is 2. The summed E-state index contributed by atoms with van der Waals surface area (Å²) in [4.78, 5) is 27.7. The molecule has 1 unspecified atom stereocenters. The lowest BCUT2D eigenvalue weighted by atomic mass is 9.98. The monoisotopic (exact) mass is 395 g/mol. The molecule has 2 amide bonds. The first-order valence-electron chi connectivity index (χ1n) is 9.79. The predicted octanol–water partition coefficient (Wildman–Crippen LogP) is 3.30. The first-order valence-corrected chi connectivity index (χ1v) is 10.8. The van der Waals surface area contributed by atoms with Crippen molar-refractivity contribution in [3.63, 3.8) is 0 Å². The fourth-order valence-electron chi connectivity index (χ4n) is 3.90. The van der Waals surface area contributed by atoms with E-state index in [2.05, 4.69) is 46.7 Å². The molecule has 2 heterocycles. The standard InChI is InChI=1S/C22H25N3O2S/c1-2-18(25-10-9-15-5-3-4-6-17(15)13-25)12-23-22(27)16-7-8-20-19(11-16)24-21(26)14-28-20/h3-8,11,18H,2,9-10,12-14H2,1H3,(H,23,27)(H,24,26). The van der Waals surface area contributed by atoms with Gasteiger partial charge in [0.25, 0.3) is 5.91 Å². The number of fused-ring (bicyclic) bond motifs is 2. The van der Waals surface area contributed by atoms with E-state index >= 15 is 0 Å². The fraction of sp³-hybridized carbons (Fsp3) is 0.364. The Morgan fingerprint density at radius 1 is 1.25 bits per heavy atom. The third kappa shape index (κ3) is 4.08. The Bertz CT molecular complexity index is 899. The minimum atomic E-state index is -0.0940. The van der Waals surface area contributed by atoms with Crippen LogP contribution in [0, 0.1) is 0 Å². The molecule has 2 aliphatic heterocycles. The van der Waals surface area contributed by atoms with Gasteiger partial charge in [0.05, 0.1) is 11.4 Å². The summed E-state index contributed by atoms with van der Waals surface area (Å²) < 4.78 is 0. The molecular weight excluding hydrogens is 370 g/mol. The van der Waals surface area contributed by atoms with Crippen molar-refractivity contribution in [1.82, 2.24) is 10.2 Å². The van der Waals surface area contributed by atoms with Gasteiger partial charge in [-0.05, 0) is 42.2 Å². The molecule has 2 aromatic carbocycles. The van der Waals surface area contributed by atoms with Crippen molar-refractivity contribution in [3.05, 3.63) is 59.2 Å². The van der Waals surface area contributed by atoms with Gasteiger partial charge >= 0.3 is 0 Å². The van der Waals surface area contributed by atoms with Crippen LogP contribution in [0.1, 0.15) is 34.8 Å². The van der Waals surface area contributed by atoms with Gasteiger partial charge in [-0.3, -0.25) is 14.5 Å². The molecule has 5 nitrogen and oxygen atoms in total. The summed E-state index contributed by atoms with van der Waals surface area (Å²) in [5.41, 5.74) is 4.14. The molecule has 28 heavy (non-hydrogen) atoms. The minimum absolute atomic E-state index is 0.0218. The number of hydrogen-bond acceptors (Lipinski definition) is 4. The van der Waals surface area contributed by atoms with Crippen LogP contribution < -0.4 is 10.6 Å². The van der Waals surface area contributed by atoms with Crippen LogP contribution in [0.5, 0.6) is 0 Å². The Labute approximate surface area is 169 Å². The number of nitrogens with zero attached hydrogens (tertiary/aromatic N) is 1. The zero-order valence-electron chi connectivity index (χ0n) is 16.0. The summed E-state index contributed by atoms with van der Waals surface area (Å²) in [7, 11) is 0. The van der Waals surface area contributed by atoms with Gasteiger partial charge in [-0.2, -0.15) is 0 Å². The van der Waals surface area contributed by atoms with Gasteiger partial charge in [-0.15, -0.1) is 11.8 Å². The van der Waals surface area contributed by atoms with Crippen LogP contribution in [-0.2, 0) is 17.8 Å². The van der Waals surface area contributed by atoms with Crippen LogP contribution in [0.2, 0.25) is 0 Å². The van der Waals surface area contributed by atoms with Crippen LogP contribution in [0.3, 0.4) is 0 Å². The number of anilines is 1. The lowest BCUT2D eigenvalue weighted by molar-refractivity contribution is -0.113. The number of benzene rings is 2. The molecule has 0 fully saturated rings. The van der Waals surface area contributed by atoms with Crippen LogP contribution >= 0.6 is 11.8 Å². The average Bonchev–Trinajstić information content (AvgIpc) is 2.73. The molecule has 4 rings (SSSR count). The highest BCUT2D eigenvalue weighted by atomic mass is 32.2. The van der Waals surface area contributed by atoms with Gasteiger partial charge in [0.15, 0.2) is 0 Å². The predicted molar refractivity (Wildman–Crippen MR) is 113 cm³/mol. The van der Waals surface area contributed by atoms with Gasteiger partial charge in [0, 0.05) is 36.1 Å². The fourth-order valence-corrected chi connectivity index (χ4v) is 4.69. The van der Waals surface area contributed by atoms with Crippen molar-refractivity contribution >= 4 is 29.3 Å². The van der Waals surface area contributed by atoms with E-state index in [9.17, 15) is 9.59 Å². The molecule has 146 valence electrons. The van der Waals surface area contributed by atoms with Crippen molar-refractivity contribution < 1.29 is 9.59 Å². The second-order valence-electron chi connectivity index (χ2n) is 7.31. The van der Waals surface area contributed by atoms with E-state index in [1.807, 2.05) is 12.1 Å². The number of rotatable bonds is 5. The Kier molecular flexibility index (Phi) is 5.69. The lowest BCUT2D eigenvalue weighted by Gasteiger charge is -2.35. The van der Waals surface area contributed by atoms with Gasteiger partial charge in [0.1, 0.15) is 0 Å². The highest BCUT2D eigenvalue weighted by Crippen LogP contribution is 2.32. The van der Waals surface area contributed by atoms with E-state index in [1.165, 1.54) is 22.9 Å². The topological polar surface area (TPSA) is 61.4 Å². The van der Waals surface area contributed by atoms with Gasteiger partial charge in [-0.25, -0.2) is 0 Å². The summed E-state index contributed by atoms with van der Waals surface area (Å²) in [6.45, 7) is 4.75. The maximum absolute atomic E-state index is 12.7. The quantitative estimate of drug-likeness (QED) is 0.816. The van der Waals surface area contributed by atoms with E-state index < -0.39 is 0 Å². The number of amides is 2. The average molecular weight is 396 g/mol. The Morgan fingerprint density at radius 3 is 2.89 bits per heavy atom. The van der Waals surface area contributed by atoms with Crippen molar-refractivity contribution in [2.75, 3.05) is 24.2 Å². The zero-order chi connectivity index (χ0) is 19.5. The maximum atomic E-state index is 12.7. The van der Waals surface area contributed by atoms with E-state index in [0.29, 0.717) is 23.9 Å². The molecule has 0 saturated heterocycles. The van der Waals surface area contributed by atoms with Crippen LogP contribution in [0.4, 0.5) is 5.69 Å². The molecule has 0 bridgehead atoms. The summed E-state index contributed by atoms with van der Waals surface area (Å²) in [6.07, 6.45) is 2.04. The first kappa shape index (κ1) is 19.0. The molecule has 0 aromatic heterocycles. The van der Waals surface area contributed by atoms with Crippen molar-refractivity contribution in [2.45, 2.75) is 37.2 Å². The van der Waals surface area contributed by atoms with Crippen LogP contribution in [0.25, 0.3) is 0 Å². The molecular formula is C22H25N3O2S. The molecule has 0 saturated carbocycles. The number of hydrogen-bond donors (Lipinski definition) is 2. The number of nitrogens with one attached hydrogen (secondary N) is 2. The third-order valence-electron chi connectivity index (χ3n) is 5.52. The zero-order valence-corrected chi connectivity index (χ0v) is 16.8. The summed E-state index contributed by atoms with van der Waals surface area (Å²) in [6, 6.07) is 14.4. The Balaban J connectivity index is 1.38. The second-order valence-corrected chi connectivity index (χ2v) is 8.33.